The zero-order valence-corrected chi connectivity index (χ0v) is 17.9. The summed E-state index contributed by atoms with van der Waals surface area (Å²) in [5, 5.41) is 7.79. The molecule has 2 aliphatic rings. The van der Waals surface area contributed by atoms with Gasteiger partial charge in [0.15, 0.2) is 0 Å². The number of hydrogen-bond donors (Lipinski definition) is 0. The Bertz CT molecular complexity index is 1070. The fraction of sp³-hybridized carbons (Fsp3) is 0.364. The number of rotatable bonds is 6. The molecule has 5 rings (SSSR count). The summed E-state index contributed by atoms with van der Waals surface area (Å²) in [6.07, 6.45) is 4.77. The first-order chi connectivity index (χ1) is 15.2. The summed E-state index contributed by atoms with van der Waals surface area (Å²) < 4.78 is 6.72. The van der Waals surface area contributed by atoms with Gasteiger partial charge in [-0.1, -0.05) is 17.3 Å². The van der Waals surface area contributed by atoms with Crippen LogP contribution in [0, 0.1) is 0 Å². The molecular formula is C22H23N5O3S. The summed E-state index contributed by atoms with van der Waals surface area (Å²) in [5.41, 5.74) is 2.95. The van der Waals surface area contributed by atoms with Crippen LogP contribution in [-0.2, 0) is 29.0 Å². The molecule has 0 saturated carbocycles. The predicted octanol–water partition coefficient (Wildman–Crippen LogP) is 1.93. The van der Waals surface area contributed by atoms with Gasteiger partial charge >= 0.3 is 5.97 Å². The van der Waals surface area contributed by atoms with E-state index in [0.717, 1.165) is 60.8 Å². The summed E-state index contributed by atoms with van der Waals surface area (Å²) >= 11 is 1.55. The standard InChI is InChI=1S/C22H23N5O3S/c28-20(13-16-1-3-18(4-2-16)27-8-6-23-24-27)26-11-9-25(10-12-26)7-5-19-14-17-15-30-22(29)21(17)31-19/h1-4,6,8,14H,5,7,9-13,15H2. The lowest BCUT2D eigenvalue weighted by Crippen LogP contribution is -2.49. The van der Waals surface area contributed by atoms with Crippen molar-refractivity contribution < 1.29 is 14.3 Å². The topological polar surface area (TPSA) is 80.6 Å². The van der Waals surface area contributed by atoms with E-state index in [0.29, 0.717) is 13.0 Å². The largest absolute Gasteiger partial charge is 0.457 e. The number of fused-ring (bicyclic) bond motifs is 1. The molecule has 0 unspecified atom stereocenters. The van der Waals surface area contributed by atoms with E-state index < -0.39 is 0 Å². The highest BCUT2D eigenvalue weighted by molar-refractivity contribution is 7.14. The third-order valence-corrected chi connectivity index (χ3v) is 7.00. The van der Waals surface area contributed by atoms with E-state index >= 15 is 0 Å². The van der Waals surface area contributed by atoms with E-state index in [9.17, 15) is 9.59 Å². The predicted molar refractivity (Wildman–Crippen MR) is 115 cm³/mol. The quantitative estimate of drug-likeness (QED) is 0.548. The van der Waals surface area contributed by atoms with E-state index in [2.05, 4.69) is 21.3 Å². The van der Waals surface area contributed by atoms with E-state index in [-0.39, 0.29) is 11.9 Å². The first-order valence-electron chi connectivity index (χ1n) is 10.4. The second-order valence-electron chi connectivity index (χ2n) is 7.81. The number of ether oxygens (including phenoxy) is 1. The first-order valence-corrected chi connectivity index (χ1v) is 11.2. The third-order valence-electron chi connectivity index (χ3n) is 5.78. The van der Waals surface area contributed by atoms with Crippen molar-refractivity contribution >= 4 is 23.2 Å². The number of hydrogen-bond acceptors (Lipinski definition) is 7. The van der Waals surface area contributed by atoms with Crippen LogP contribution in [0.25, 0.3) is 5.69 Å². The van der Waals surface area contributed by atoms with E-state index in [1.807, 2.05) is 29.2 Å². The Labute approximate surface area is 184 Å². The number of carbonyl (C=O) groups excluding carboxylic acids is 2. The van der Waals surface area contributed by atoms with Gasteiger partial charge in [0.1, 0.15) is 11.5 Å². The first kappa shape index (κ1) is 19.9. The molecule has 9 heteroatoms. The Kier molecular flexibility index (Phi) is 5.52. The van der Waals surface area contributed by atoms with Crippen LogP contribution < -0.4 is 0 Å². The van der Waals surface area contributed by atoms with Crippen molar-refractivity contribution in [2.24, 2.45) is 0 Å². The number of piperazine rings is 1. The second-order valence-corrected chi connectivity index (χ2v) is 8.94. The Balaban J connectivity index is 1.08. The van der Waals surface area contributed by atoms with Crippen LogP contribution in [0.1, 0.15) is 25.7 Å². The van der Waals surface area contributed by atoms with Crippen LogP contribution >= 0.6 is 11.3 Å². The molecule has 1 fully saturated rings. The van der Waals surface area contributed by atoms with Gasteiger partial charge in [-0.05, 0) is 30.2 Å². The maximum Gasteiger partial charge on any atom is 0.349 e. The molecule has 0 aliphatic carbocycles. The summed E-state index contributed by atoms with van der Waals surface area (Å²) in [4.78, 5) is 30.7. The van der Waals surface area contributed by atoms with Crippen molar-refractivity contribution in [3.8, 4) is 5.69 Å². The molecule has 0 bridgehead atoms. The maximum atomic E-state index is 12.7. The molecule has 4 heterocycles. The highest BCUT2D eigenvalue weighted by Gasteiger charge is 2.25. The number of carbonyl (C=O) groups is 2. The van der Waals surface area contributed by atoms with Crippen LogP contribution in [0.4, 0.5) is 0 Å². The van der Waals surface area contributed by atoms with Gasteiger partial charge in [-0.2, -0.15) is 0 Å². The lowest BCUT2D eigenvalue weighted by Gasteiger charge is -2.34. The normalized spacial score (nSPS) is 16.4. The summed E-state index contributed by atoms with van der Waals surface area (Å²) in [7, 11) is 0. The fourth-order valence-corrected chi connectivity index (χ4v) is 5.03. The average molecular weight is 438 g/mol. The van der Waals surface area contributed by atoms with Gasteiger partial charge in [0.25, 0.3) is 0 Å². The molecular weight excluding hydrogens is 414 g/mol. The SMILES string of the molecule is O=C1OCc2cc(CCN3CCN(C(=O)Cc4ccc(-n5ccnn5)cc4)CC3)sc21. The van der Waals surface area contributed by atoms with E-state index in [1.54, 1.807) is 28.4 Å². The van der Waals surface area contributed by atoms with Gasteiger partial charge in [-0.25, -0.2) is 9.48 Å². The summed E-state index contributed by atoms with van der Waals surface area (Å²) in [5.74, 6) is -0.0206. The van der Waals surface area contributed by atoms with Gasteiger partial charge in [0, 0.05) is 43.2 Å². The molecule has 160 valence electrons. The minimum absolute atomic E-state index is 0.168. The van der Waals surface area contributed by atoms with Crippen molar-refractivity contribution in [2.75, 3.05) is 32.7 Å². The smallest absolute Gasteiger partial charge is 0.349 e. The number of cyclic esters (lactones) is 1. The molecule has 3 aromatic rings. The number of benzene rings is 1. The molecule has 1 amide bonds. The summed E-state index contributed by atoms with van der Waals surface area (Å²) in [6.45, 7) is 4.62. The lowest BCUT2D eigenvalue weighted by molar-refractivity contribution is -0.132. The zero-order chi connectivity index (χ0) is 21.2. The Hall–Kier alpha value is -3.04. The van der Waals surface area contributed by atoms with Gasteiger partial charge in [0.05, 0.1) is 24.5 Å². The highest BCUT2D eigenvalue weighted by atomic mass is 32.1. The Morgan fingerprint density at radius 1 is 1.13 bits per heavy atom. The Morgan fingerprint density at radius 3 is 2.65 bits per heavy atom. The van der Waals surface area contributed by atoms with Gasteiger partial charge in [-0.15, -0.1) is 16.4 Å². The van der Waals surface area contributed by atoms with Crippen LogP contribution in [0.3, 0.4) is 0 Å². The maximum absolute atomic E-state index is 12.7. The minimum Gasteiger partial charge on any atom is -0.457 e. The highest BCUT2D eigenvalue weighted by Crippen LogP contribution is 2.29. The van der Waals surface area contributed by atoms with Crippen LogP contribution in [0.15, 0.2) is 42.7 Å². The molecule has 2 aliphatic heterocycles. The van der Waals surface area contributed by atoms with Crippen LogP contribution in [0.2, 0.25) is 0 Å². The Morgan fingerprint density at radius 2 is 1.94 bits per heavy atom. The molecule has 0 N–H and O–H groups in total. The number of nitrogens with zero attached hydrogens (tertiary/aromatic N) is 5. The van der Waals surface area contributed by atoms with Gasteiger partial charge < -0.3 is 9.64 Å². The number of thiophene rings is 1. The molecule has 8 nitrogen and oxygen atoms in total. The average Bonchev–Trinajstić information content (AvgIpc) is 3.53. The fourth-order valence-electron chi connectivity index (χ4n) is 3.99. The number of amides is 1. The second kappa shape index (κ2) is 8.60. The number of esters is 1. The molecule has 0 spiro atoms. The van der Waals surface area contributed by atoms with E-state index in [4.69, 9.17) is 4.74 Å². The molecule has 31 heavy (non-hydrogen) atoms. The number of aromatic nitrogens is 3. The van der Waals surface area contributed by atoms with Crippen molar-refractivity contribution in [1.29, 1.82) is 0 Å². The molecule has 2 aromatic heterocycles. The summed E-state index contributed by atoms with van der Waals surface area (Å²) in [6, 6.07) is 9.95. The van der Waals surface area contributed by atoms with Crippen LogP contribution in [-0.4, -0.2) is 69.4 Å². The van der Waals surface area contributed by atoms with E-state index in [1.165, 1.54) is 4.88 Å². The van der Waals surface area contributed by atoms with Crippen molar-refractivity contribution in [2.45, 2.75) is 19.4 Å². The van der Waals surface area contributed by atoms with Gasteiger partial charge in [0.2, 0.25) is 5.91 Å². The van der Waals surface area contributed by atoms with Crippen molar-refractivity contribution in [3.63, 3.8) is 0 Å². The van der Waals surface area contributed by atoms with Crippen molar-refractivity contribution in [3.05, 3.63) is 63.6 Å². The molecule has 1 saturated heterocycles. The molecule has 1 aromatic carbocycles. The van der Waals surface area contributed by atoms with Crippen molar-refractivity contribution in [1.82, 2.24) is 24.8 Å². The minimum atomic E-state index is -0.189. The lowest BCUT2D eigenvalue weighted by atomic mass is 10.1. The van der Waals surface area contributed by atoms with Crippen LogP contribution in [0.5, 0.6) is 0 Å². The molecule has 0 atom stereocenters. The zero-order valence-electron chi connectivity index (χ0n) is 17.1. The third kappa shape index (κ3) is 4.38. The monoisotopic (exact) mass is 437 g/mol. The molecule has 0 radical (unpaired) electrons. The van der Waals surface area contributed by atoms with Gasteiger partial charge in [-0.3, -0.25) is 9.69 Å².